The van der Waals surface area contributed by atoms with Crippen LogP contribution in [0.2, 0.25) is 0 Å². The number of anilines is 1. The second-order valence-electron chi connectivity index (χ2n) is 5.65. The predicted octanol–water partition coefficient (Wildman–Crippen LogP) is 1.05. The Balaban J connectivity index is 1.90. The van der Waals surface area contributed by atoms with Crippen LogP contribution >= 0.6 is 0 Å². The summed E-state index contributed by atoms with van der Waals surface area (Å²) in [4.78, 5) is 18.9. The number of rotatable bonds is 6. The van der Waals surface area contributed by atoms with Crippen LogP contribution in [0.5, 0.6) is 0 Å². The van der Waals surface area contributed by atoms with Gasteiger partial charge in [-0.15, -0.1) is 0 Å². The molecule has 122 valence electrons. The van der Waals surface area contributed by atoms with Gasteiger partial charge in [0.05, 0.1) is 5.54 Å². The topological polar surface area (TPSA) is 80.5 Å². The van der Waals surface area contributed by atoms with E-state index in [4.69, 9.17) is 10.5 Å². The number of ether oxygens (including phenoxy) is 1. The van der Waals surface area contributed by atoms with Crippen LogP contribution in [0.4, 0.5) is 5.82 Å². The van der Waals surface area contributed by atoms with E-state index in [0.717, 1.165) is 24.5 Å². The van der Waals surface area contributed by atoms with Crippen molar-refractivity contribution in [3.05, 3.63) is 23.9 Å². The van der Waals surface area contributed by atoms with Gasteiger partial charge in [-0.2, -0.15) is 0 Å². The van der Waals surface area contributed by atoms with Crippen molar-refractivity contribution in [2.24, 2.45) is 5.73 Å². The lowest BCUT2D eigenvalue weighted by Crippen LogP contribution is -2.56. The summed E-state index contributed by atoms with van der Waals surface area (Å²) < 4.78 is 5.26. The number of hydrogen-bond donors (Lipinski definition) is 2. The Bertz CT molecular complexity index is 479. The van der Waals surface area contributed by atoms with Crippen LogP contribution in [0.3, 0.4) is 0 Å². The summed E-state index contributed by atoms with van der Waals surface area (Å²) in [5.41, 5.74) is 6.33. The molecule has 0 aromatic carbocycles. The normalized spacial score (nSPS) is 17.0. The van der Waals surface area contributed by atoms with E-state index < -0.39 is 5.54 Å². The quantitative estimate of drug-likeness (QED) is 0.821. The second kappa shape index (κ2) is 7.56. The standard InChI is InChI=1S/C16H26N4O2/c1-3-20(4-2)14-6-5-13(11-18-14)12-19-15(21)16(17)7-9-22-10-8-16/h5-6,11H,3-4,7-10,12,17H2,1-2H3,(H,19,21). The van der Waals surface area contributed by atoms with E-state index in [9.17, 15) is 4.79 Å². The number of nitrogens with zero attached hydrogens (tertiary/aromatic N) is 2. The smallest absolute Gasteiger partial charge is 0.240 e. The third-order valence-corrected chi connectivity index (χ3v) is 4.19. The van der Waals surface area contributed by atoms with Gasteiger partial charge in [-0.05, 0) is 38.3 Å². The number of carbonyl (C=O) groups is 1. The Morgan fingerprint density at radius 2 is 2.05 bits per heavy atom. The zero-order chi connectivity index (χ0) is 16.0. The maximum Gasteiger partial charge on any atom is 0.240 e. The first kappa shape index (κ1) is 16.7. The number of carbonyl (C=O) groups excluding carboxylic acids is 1. The molecule has 0 aliphatic carbocycles. The van der Waals surface area contributed by atoms with E-state index >= 15 is 0 Å². The highest BCUT2D eigenvalue weighted by molar-refractivity contribution is 5.86. The molecule has 0 radical (unpaired) electrons. The highest BCUT2D eigenvalue weighted by Gasteiger charge is 2.35. The van der Waals surface area contributed by atoms with Crippen LogP contribution in [-0.2, 0) is 16.1 Å². The van der Waals surface area contributed by atoms with Crippen molar-refractivity contribution in [3.63, 3.8) is 0 Å². The minimum absolute atomic E-state index is 0.108. The molecule has 6 nitrogen and oxygen atoms in total. The van der Waals surface area contributed by atoms with Crippen LogP contribution in [0.1, 0.15) is 32.3 Å². The first-order chi connectivity index (χ1) is 10.6. The number of nitrogens with one attached hydrogen (secondary N) is 1. The zero-order valence-electron chi connectivity index (χ0n) is 13.5. The van der Waals surface area contributed by atoms with Crippen molar-refractivity contribution < 1.29 is 9.53 Å². The Kier molecular flexibility index (Phi) is 5.74. The van der Waals surface area contributed by atoms with Gasteiger partial charge in [-0.25, -0.2) is 4.98 Å². The highest BCUT2D eigenvalue weighted by atomic mass is 16.5. The van der Waals surface area contributed by atoms with Gasteiger partial charge in [0.15, 0.2) is 0 Å². The molecule has 22 heavy (non-hydrogen) atoms. The van der Waals surface area contributed by atoms with E-state index in [1.807, 2.05) is 12.1 Å². The molecule has 2 heterocycles. The van der Waals surface area contributed by atoms with E-state index in [0.29, 0.717) is 32.6 Å². The van der Waals surface area contributed by atoms with E-state index in [2.05, 4.69) is 29.0 Å². The molecule has 1 aromatic heterocycles. The molecule has 0 unspecified atom stereocenters. The van der Waals surface area contributed by atoms with E-state index in [1.54, 1.807) is 6.20 Å². The molecule has 1 fully saturated rings. The van der Waals surface area contributed by atoms with Gasteiger partial charge < -0.3 is 20.7 Å². The van der Waals surface area contributed by atoms with Gasteiger partial charge in [0, 0.05) is 39.0 Å². The molecular formula is C16H26N4O2. The number of hydrogen-bond acceptors (Lipinski definition) is 5. The number of nitrogens with two attached hydrogens (primary N) is 1. The number of amides is 1. The lowest BCUT2D eigenvalue weighted by molar-refractivity contribution is -0.129. The van der Waals surface area contributed by atoms with Crippen molar-refractivity contribution in [1.29, 1.82) is 0 Å². The monoisotopic (exact) mass is 306 g/mol. The van der Waals surface area contributed by atoms with Gasteiger partial charge in [0.2, 0.25) is 5.91 Å². The molecular weight excluding hydrogens is 280 g/mol. The van der Waals surface area contributed by atoms with Crippen LogP contribution < -0.4 is 16.0 Å². The Morgan fingerprint density at radius 1 is 1.36 bits per heavy atom. The molecule has 0 bridgehead atoms. The third-order valence-electron chi connectivity index (χ3n) is 4.19. The molecule has 1 aliphatic rings. The average molecular weight is 306 g/mol. The van der Waals surface area contributed by atoms with Crippen LogP contribution in [-0.4, -0.2) is 42.7 Å². The van der Waals surface area contributed by atoms with E-state index in [1.165, 1.54) is 0 Å². The first-order valence-corrected chi connectivity index (χ1v) is 7.94. The summed E-state index contributed by atoms with van der Waals surface area (Å²) in [6, 6.07) is 3.98. The van der Waals surface area contributed by atoms with Gasteiger partial charge in [-0.3, -0.25) is 4.79 Å². The maximum atomic E-state index is 12.2. The summed E-state index contributed by atoms with van der Waals surface area (Å²) in [6.45, 7) is 7.61. The highest BCUT2D eigenvalue weighted by Crippen LogP contribution is 2.18. The fraction of sp³-hybridized carbons (Fsp3) is 0.625. The lowest BCUT2D eigenvalue weighted by atomic mass is 9.90. The largest absolute Gasteiger partial charge is 0.381 e. The summed E-state index contributed by atoms with van der Waals surface area (Å²) >= 11 is 0. The molecule has 1 aromatic rings. The second-order valence-corrected chi connectivity index (χ2v) is 5.65. The minimum Gasteiger partial charge on any atom is -0.381 e. The maximum absolute atomic E-state index is 12.2. The third kappa shape index (κ3) is 3.96. The van der Waals surface area contributed by atoms with Gasteiger partial charge in [0.25, 0.3) is 0 Å². The summed E-state index contributed by atoms with van der Waals surface area (Å²) in [5.74, 6) is 0.850. The van der Waals surface area contributed by atoms with Crippen molar-refractivity contribution >= 4 is 11.7 Å². The molecule has 6 heteroatoms. The molecule has 1 saturated heterocycles. The van der Waals surface area contributed by atoms with Gasteiger partial charge >= 0.3 is 0 Å². The Labute approximate surface area is 132 Å². The van der Waals surface area contributed by atoms with Crippen LogP contribution in [0.15, 0.2) is 18.3 Å². The minimum atomic E-state index is -0.799. The van der Waals surface area contributed by atoms with Crippen LogP contribution in [0.25, 0.3) is 0 Å². The molecule has 0 atom stereocenters. The molecule has 1 amide bonds. The van der Waals surface area contributed by atoms with Gasteiger partial charge in [0.1, 0.15) is 5.82 Å². The molecule has 0 saturated carbocycles. The molecule has 0 spiro atoms. The lowest BCUT2D eigenvalue weighted by Gasteiger charge is -2.31. The summed E-state index contributed by atoms with van der Waals surface area (Å²) in [6.07, 6.45) is 2.94. The fourth-order valence-electron chi connectivity index (χ4n) is 2.58. The fourth-order valence-corrected chi connectivity index (χ4v) is 2.58. The Morgan fingerprint density at radius 3 is 2.59 bits per heavy atom. The zero-order valence-corrected chi connectivity index (χ0v) is 13.5. The van der Waals surface area contributed by atoms with Crippen molar-refractivity contribution in [2.75, 3.05) is 31.2 Å². The van der Waals surface area contributed by atoms with Crippen molar-refractivity contribution in [3.8, 4) is 0 Å². The molecule has 2 rings (SSSR count). The summed E-state index contributed by atoms with van der Waals surface area (Å²) in [7, 11) is 0. The van der Waals surface area contributed by atoms with Crippen LogP contribution in [0, 0.1) is 0 Å². The Hall–Kier alpha value is -1.66. The SMILES string of the molecule is CCN(CC)c1ccc(CNC(=O)C2(N)CCOCC2)cn1. The van der Waals surface area contributed by atoms with E-state index in [-0.39, 0.29) is 5.91 Å². The predicted molar refractivity (Wildman–Crippen MR) is 86.6 cm³/mol. The van der Waals surface area contributed by atoms with Crippen molar-refractivity contribution in [2.45, 2.75) is 38.8 Å². The number of pyridine rings is 1. The first-order valence-electron chi connectivity index (χ1n) is 7.94. The summed E-state index contributed by atoms with van der Waals surface area (Å²) in [5, 5.41) is 2.91. The van der Waals surface area contributed by atoms with Crippen molar-refractivity contribution in [1.82, 2.24) is 10.3 Å². The molecule has 1 aliphatic heterocycles. The number of aromatic nitrogens is 1. The molecule has 3 N–H and O–H groups in total. The average Bonchev–Trinajstić information content (AvgIpc) is 2.55. The van der Waals surface area contributed by atoms with Gasteiger partial charge in [-0.1, -0.05) is 6.07 Å².